The molecule has 0 bridgehead atoms. The van der Waals surface area contributed by atoms with Crippen molar-refractivity contribution in [3.05, 3.63) is 51.7 Å². The van der Waals surface area contributed by atoms with Gasteiger partial charge in [-0.2, -0.15) is 0 Å². The van der Waals surface area contributed by atoms with E-state index in [1.807, 2.05) is 36.6 Å². The number of benzene rings is 1. The number of hydrogen-bond acceptors (Lipinski definition) is 3. The largest absolute Gasteiger partial charge is 0.482 e. The number of hydrogen-bond donors (Lipinski definition) is 0. The van der Waals surface area contributed by atoms with Gasteiger partial charge in [0.05, 0.1) is 11.1 Å². The highest BCUT2D eigenvalue weighted by Gasteiger charge is 2.18. The average molecular weight is 310 g/mol. The molecule has 2 rings (SSSR count). The molecule has 1 amide bonds. The second kappa shape index (κ2) is 6.77. The Bertz CT molecular complexity index is 571. The van der Waals surface area contributed by atoms with Crippen molar-refractivity contribution < 1.29 is 9.53 Å². The maximum Gasteiger partial charge on any atom is 0.260 e. The molecule has 0 spiro atoms. The predicted molar refractivity (Wildman–Crippen MR) is 82.5 cm³/mol. The van der Waals surface area contributed by atoms with Gasteiger partial charge in [0.1, 0.15) is 5.75 Å². The van der Waals surface area contributed by atoms with Gasteiger partial charge in [-0.15, -0.1) is 11.3 Å². The van der Waals surface area contributed by atoms with Crippen LogP contribution in [0.15, 0.2) is 41.8 Å². The molecule has 2 aromatic rings. The first kappa shape index (κ1) is 14.9. The molecule has 106 valence electrons. The number of halogens is 1. The van der Waals surface area contributed by atoms with Gasteiger partial charge < -0.3 is 9.64 Å². The maximum atomic E-state index is 12.1. The van der Waals surface area contributed by atoms with Gasteiger partial charge in [0.2, 0.25) is 0 Å². The second-order valence-electron chi connectivity index (χ2n) is 4.42. The summed E-state index contributed by atoms with van der Waals surface area (Å²) >= 11 is 7.62. The normalized spacial score (nSPS) is 11.9. The van der Waals surface area contributed by atoms with E-state index in [1.54, 1.807) is 35.4 Å². The van der Waals surface area contributed by atoms with Gasteiger partial charge in [0.15, 0.2) is 6.61 Å². The zero-order valence-electron chi connectivity index (χ0n) is 11.4. The van der Waals surface area contributed by atoms with E-state index in [-0.39, 0.29) is 18.6 Å². The van der Waals surface area contributed by atoms with Gasteiger partial charge in [-0.25, -0.2) is 0 Å². The molecule has 0 saturated heterocycles. The van der Waals surface area contributed by atoms with Crippen LogP contribution in [0.5, 0.6) is 5.75 Å². The number of thiophene rings is 1. The highest BCUT2D eigenvalue weighted by molar-refractivity contribution is 7.10. The summed E-state index contributed by atoms with van der Waals surface area (Å²) in [6.45, 7) is 1.98. The Hall–Kier alpha value is -1.52. The van der Waals surface area contributed by atoms with Crippen LogP contribution in [-0.2, 0) is 4.79 Å². The summed E-state index contributed by atoms with van der Waals surface area (Å²) in [5.41, 5.74) is 0. The Kier molecular flexibility index (Phi) is 5.04. The van der Waals surface area contributed by atoms with E-state index in [0.29, 0.717) is 10.8 Å². The molecule has 0 saturated carbocycles. The quantitative estimate of drug-likeness (QED) is 0.835. The highest BCUT2D eigenvalue weighted by atomic mass is 35.5. The van der Waals surface area contributed by atoms with Gasteiger partial charge >= 0.3 is 0 Å². The minimum absolute atomic E-state index is 0.0179. The van der Waals surface area contributed by atoms with E-state index in [1.165, 1.54) is 0 Å². The van der Waals surface area contributed by atoms with Crippen LogP contribution in [0.2, 0.25) is 5.02 Å². The lowest BCUT2D eigenvalue weighted by Gasteiger charge is -2.24. The lowest BCUT2D eigenvalue weighted by atomic mass is 10.2. The molecular formula is C15H16ClNO2S. The summed E-state index contributed by atoms with van der Waals surface area (Å²) in [4.78, 5) is 15.0. The third-order valence-corrected chi connectivity index (χ3v) is 4.47. The topological polar surface area (TPSA) is 29.5 Å². The number of rotatable bonds is 5. The Balaban J connectivity index is 1.93. The summed E-state index contributed by atoms with van der Waals surface area (Å²) in [7, 11) is 1.78. The predicted octanol–water partition coefficient (Wildman–Crippen LogP) is 4.00. The van der Waals surface area contributed by atoms with Crippen LogP contribution < -0.4 is 4.74 Å². The molecule has 5 heteroatoms. The number of carbonyl (C=O) groups is 1. The van der Waals surface area contributed by atoms with Gasteiger partial charge in [0, 0.05) is 11.9 Å². The van der Waals surface area contributed by atoms with E-state index in [2.05, 4.69) is 0 Å². The molecule has 0 aliphatic rings. The van der Waals surface area contributed by atoms with Crippen molar-refractivity contribution in [2.75, 3.05) is 13.7 Å². The van der Waals surface area contributed by atoms with Crippen LogP contribution in [0.3, 0.4) is 0 Å². The lowest BCUT2D eigenvalue weighted by molar-refractivity contribution is -0.133. The molecule has 0 N–H and O–H groups in total. The van der Waals surface area contributed by atoms with Crippen LogP contribution >= 0.6 is 22.9 Å². The van der Waals surface area contributed by atoms with E-state index in [4.69, 9.17) is 16.3 Å². The fourth-order valence-electron chi connectivity index (χ4n) is 1.74. The zero-order valence-corrected chi connectivity index (χ0v) is 12.9. The first-order valence-electron chi connectivity index (χ1n) is 6.26. The first-order valence-corrected chi connectivity index (χ1v) is 7.51. The smallest absolute Gasteiger partial charge is 0.260 e. The molecule has 20 heavy (non-hydrogen) atoms. The van der Waals surface area contributed by atoms with E-state index in [0.717, 1.165) is 4.88 Å². The first-order chi connectivity index (χ1) is 9.59. The fraction of sp³-hybridized carbons (Fsp3) is 0.267. The van der Waals surface area contributed by atoms with Crippen LogP contribution in [0.25, 0.3) is 0 Å². The van der Waals surface area contributed by atoms with E-state index < -0.39 is 0 Å². The fourth-order valence-corrected chi connectivity index (χ4v) is 2.76. The molecule has 1 heterocycles. The maximum absolute atomic E-state index is 12.1. The summed E-state index contributed by atoms with van der Waals surface area (Å²) in [6.07, 6.45) is 0. The molecule has 1 unspecified atom stereocenters. The molecule has 1 aromatic heterocycles. The summed E-state index contributed by atoms with van der Waals surface area (Å²) < 4.78 is 5.47. The van der Waals surface area contributed by atoms with Crippen molar-refractivity contribution in [3.8, 4) is 5.75 Å². The molecule has 0 aliphatic carbocycles. The molecular weight excluding hydrogens is 294 g/mol. The zero-order chi connectivity index (χ0) is 14.5. The standard InChI is InChI=1S/C15H16ClNO2S/c1-11(14-8-5-9-20-14)17(2)15(18)10-19-13-7-4-3-6-12(13)16/h3-9,11H,10H2,1-2H3. The summed E-state index contributed by atoms with van der Waals surface area (Å²) in [5, 5.41) is 2.51. The summed E-state index contributed by atoms with van der Waals surface area (Å²) in [6, 6.07) is 11.2. The monoisotopic (exact) mass is 309 g/mol. The Morgan fingerprint density at radius 2 is 2.10 bits per heavy atom. The molecule has 1 aromatic carbocycles. The molecule has 0 fully saturated rings. The van der Waals surface area contributed by atoms with Crippen molar-refractivity contribution >= 4 is 28.8 Å². The lowest BCUT2D eigenvalue weighted by Crippen LogP contribution is -2.33. The van der Waals surface area contributed by atoms with Gasteiger partial charge in [0.25, 0.3) is 5.91 Å². The van der Waals surface area contributed by atoms with Crippen LogP contribution in [-0.4, -0.2) is 24.5 Å². The Morgan fingerprint density at radius 3 is 2.75 bits per heavy atom. The molecule has 0 radical (unpaired) electrons. The van der Waals surface area contributed by atoms with Crippen molar-refractivity contribution in [1.82, 2.24) is 4.90 Å². The van der Waals surface area contributed by atoms with Crippen LogP contribution in [0.1, 0.15) is 17.8 Å². The number of para-hydroxylation sites is 1. The van der Waals surface area contributed by atoms with Crippen LogP contribution in [0, 0.1) is 0 Å². The third kappa shape index (κ3) is 3.52. The average Bonchev–Trinajstić information content (AvgIpc) is 2.98. The number of nitrogens with zero attached hydrogens (tertiary/aromatic N) is 1. The van der Waals surface area contributed by atoms with Crippen molar-refractivity contribution in [2.24, 2.45) is 0 Å². The van der Waals surface area contributed by atoms with E-state index in [9.17, 15) is 4.79 Å². The molecule has 0 aliphatic heterocycles. The minimum Gasteiger partial charge on any atom is -0.482 e. The van der Waals surface area contributed by atoms with Crippen molar-refractivity contribution in [2.45, 2.75) is 13.0 Å². The SMILES string of the molecule is CC(c1cccs1)N(C)C(=O)COc1ccccc1Cl. The van der Waals surface area contributed by atoms with Crippen LogP contribution in [0.4, 0.5) is 0 Å². The number of carbonyl (C=O) groups excluding carboxylic acids is 1. The number of ether oxygens (including phenoxy) is 1. The second-order valence-corrected chi connectivity index (χ2v) is 5.80. The van der Waals surface area contributed by atoms with Gasteiger partial charge in [-0.1, -0.05) is 29.8 Å². The third-order valence-electron chi connectivity index (χ3n) is 3.12. The Labute approximate surface area is 127 Å². The molecule has 1 atom stereocenters. The minimum atomic E-state index is -0.0779. The van der Waals surface area contributed by atoms with E-state index >= 15 is 0 Å². The van der Waals surface area contributed by atoms with Gasteiger partial charge in [-0.05, 0) is 30.5 Å². The van der Waals surface area contributed by atoms with Gasteiger partial charge in [-0.3, -0.25) is 4.79 Å². The van der Waals surface area contributed by atoms with Crippen molar-refractivity contribution in [1.29, 1.82) is 0 Å². The Morgan fingerprint density at radius 1 is 1.35 bits per heavy atom. The highest BCUT2D eigenvalue weighted by Crippen LogP contribution is 2.25. The number of amides is 1. The van der Waals surface area contributed by atoms with Crippen molar-refractivity contribution in [3.63, 3.8) is 0 Å². The summed E-state index contributed by atoms with van der Waals surface area (Å²) in [5.74, 6) is 0.450. The molecule has 3 nitrogen and oxygen atoms in total. The number of likely N-dealkylation sites (N-methyl/N-ethyl adjacent to an activating group) is 1.